The van der Waals surface area contributed by atoms with E-state index in [4.69, 9.17) is 0 Å². The molecule has 0 radical (unpaired) electrons. The van der Waals surface area contributed by atoms with Crippen LogP contribution in [-0.2, 0) is 6.54 Å². The van der Waals surface area contributed by atoms with Crippen LogP contribution >= 0.6 is 15.9 Å². The molecule has 0 amide bonds. The predicted octanol–water partition coefficient (Wildman–Crippen LogP) is 4.20. The lowest BCUT2D eigenvalue weighted by Gasteiger charge is -2.31. The quantitative estimate of drug-likeness (QED) is 0.756. The molecule has 0 N–H and O–H groups in total. The van der Waals surface area contributed by atoms with Crippen LogP contribution in [0.2, 0.25) is 0 Å². The van der Waals surface area contributed by atoms with E-state index in [9.17, 15) is 4.79 Å². The third kappa shape index (κ3) is 2.76. The topological polar surface area (TPSA) is 22.0 Å². The third-order valence-corrected chi connectivity index (χ3v) is 5.36. The summed E-state index contributed by atoms with van der Waals surface area (Å²) in [5.41, 5.74) is 1.38. The molecule has 0 aliphatic rings. The zero-order valence-electron chi connectivity index (χ0n) is 11.5. The summed E-state index contributed by atoms with van der Waals surface area (Å²) in [6.07, 6.45) is 4.16. The second-order valence-electron chi connectivity index (χ2n) is 5.17. The van der Waals surface area contributed by atoms with Crippen molar-refractivity contribution < 1.29 is 0 Å². The summed E-state index contributed by atoms with van der Waals surface area (Å²) >= 11 is 3.65. The summed E-state index contributed by atoms with van der Waals surface area (Å²) in [5.74, 6) is 0. The van der Waals surface area contributed by atoms with Crippen LogP contribution in [0.15, 0.2) is 41.3 Å². The Labute approximate surface area is 122 Å². The van der Waals surface area contributed by atoms with Crippen LogP contribution < -0.4 is 5.43 Å². The van der Waals surface area contributed by atoms with Gasteiger partial charge in [-0.3, -0.25) is 4.79 Å². The molecule has 0 unspecified atom stereocenters. The number of halogens is 1. The SMILES string of the molecule is CCC(CC)(CBr)Cn1ccc(=O)c2ccccc21. The Kier molecular flexibility index (Phi) is 4.46. The molecule has 0 saturated heterocycles. The average molecular weight is 322 g/mol. The Hall–Kier alpha value is -1.09. The molecule has 0 spiro atoms. The number of alkyl halides is 1. The van der Waals surface area contributed by atoms with Gasteiger partial charge in [0.05, 0.1) is 5.52 Å². The molecule has 1 aromatic heterocycles. The van der Waals surface area contributed by atoms with Gasteiger partial charge in [-0.2, -0.15) is 0 Å². The summed E-state index contributed by atoms with van der Waals surface area (Å²) in [6, 6.07) is 9.52. The van der Waals surface area contributed by atoms with Crippen LogP contribution in [-0.4, -0.2) is 9.90 Å². The average Bonchev–Trinajstić information content (AvgIpc) is 2.48. The van der Waals surface area contributed by atoms with E-state index in [-0.39, 0.29) is 10.8 Å². The lowest BCUT2D eigenvalue weighted by molar-refractivity contribution is 0.263. The second-order valence-corrected chi connectivity index (χ2v) is 5.73. The van der Waals surface area contributed by atoms with Crippen molar-refractivity contribution in [1.82, 2.24) is 4.57 Å². The highest BCUT2D eigenvalue weighted by Gasteiger charge is 2.25. The van der Waals surface area contributed by atoms with Crippen LogP contribution in [0, 0.1) is 5.41 Å². The first-order valence-electron chi connectivity index (χ1n) is 6.80. The summed E-state index contributed by atoms with van der Waals surface area (Å²) in [5, 5.41) is 1.79. The number of fused-ring (bicyclic) bond motifs is 1. The monoisotopic (exact) mass is 321 g/mol. The maximum absolute atomic E-state index is 11.9. The minimum Gasteiger partial charge on any atom is -0.347 e. The Morgan fingerprint density at radius 3 is 2.47 bits per heavy atom. The van der Waals surface area contributed by atoms with Gasteiger partial charge in [-0.1, -0.05) is 41.9 Å². The lowest BCUT2D eigenvalue weighted by atomic mass is 9.84. The van der Waals surface area contributed by atoms with Crippen molar-refractivity contribution in [3.05, 3.63) is 46.8 Å². The molecule has 2 aromatic rings. The fourth-order valence-electron chi connectivity index (χ4n) is 2.46. The molecule has 1 aromatic carbocycles. The molecule has 102 valence electrons. The van der Waals surface area contributed by atoms with Gasteiger partial charge in [0.1, 0.15) is 0 Å². The van der Waals surface area contributed by atoms with Gasteiger partial charge < -0.3 is 4.57 Å². The predicted molar refractivity (Wildman–Crippen MR) is 85.0 cm³/mol. The van der Waals surface area contributed by atoms with E-state index in [1.165, 1.54) is 0 Å². The highest BCUT2D eigenvalue weighted by atomic mass is 79.9. The Bertz CT molecular complexity index is 605. The van der Waals surface area contributed by atoms with E-state index in [1.54, 1.807) is 6.07 Å². The van der Waals surface area contributed by atoms with Gasteiger partial charge >= 0.3 is 0 Å². The van der Waals surface area contributed by atoms with Crippen molar-refractivity contribution >= 4 is 26.8 Å². The maximum Gasteiger partial charge on any atom is 0.189 e. The highest BCUT2D eigenvalue weighted by molar-refractivity contribution is 9.09. The van der Waals surface area contributed by atoms with Crippen molar-refractivity contribution in [2.45, 2.75) is 33.2 Å². The molecule has 2 rings (SSSR count). The Morgan fingerprint density at radius 1 is 1.16 bits per heavy atom. The number of rotatable bonds is 5. The molecule has 0 atom stereocenters. The molecule has 0 aliphatic heterocycles. The first kappa shape index (κ1) is 14.3. The number of nitrogens with zero attached hydrogens (tertiary/aromatic N) is 1. The molecule has 0 bridgehead atoms. The lowest BCUT2D eigenvalue weighted by Crippen LogP contribution is -2.28. The van der Waals surface area contributed by atoms with Crippen LogP contribution in [0.3, 0.4) is 0 Å². The van der Waals surface area contributed by atoms with Gasteiger partial charge in [0.2, 0.25) is 0 Å². The maximum atomic E-state index is 11.9. The van der Waals surface area contributed by atoms with Crippen molar-refractivity contribution in [2.24, 2.45) is 5.41 Å². The molecule has 19 heavy (non-hydrogen) atoms. The minimum atomic E-state index is 0.101. The van der Waals surface area contributed by atoms with E-state index < -0.39 is 0 Å². The first-order chi connectivity index (χ1) is 9.15. The van der Waals surface area contributed by atoms with Gasteiger partial charge in [0.15, 0.2) is 5.43 Å². The molecular formula is C16H20BrNO. The zero-order valence-corrected chi connectivity index (χ0v) is 13.1. The molecule has 0 saturated carbocycles. The highest BCUT2D eigenvalue weighted by Crippen LogP contribution is 2.31. The van der Waals surface area contributed by atoms with Crippen LogP contribution in [0.5, 0.6) is 0 Å². The normalized spacial score (nSPS) is 11.9. The summed E-state index contributed by atoms with van der Waals surface area (Å²) in [6.45, 7) is 5.40. The fraction of sp³-hybridized carbons (Fsp3) is 0.438. The summed E-state index contributed by atoms with van der Waals surface area (Å²) < 4.78 is 2.21. The van der Waals surface area contributed by atoms with E-state index in [0.717, 1.165) is 35.6 Å². The standard InChI is InChI=1S/C16H20BrNO/c1-3-16(4-2,11-17)12-18-10-9-15(19)13-7-5-6-8-14(13)18/h5-10H,3-4,11-12H2,1-2H3. The van der Waals surface area contributed by atoms with Gasteiger partial charge in [-0.15, -0.1) is 0 Å². The van der Waals surface area contributed by atoms with E-state index in [1.807, 2.05) is 30.5 Å². The molecule has 2 nitrogen and oxygen atoms in total. The number of aromatic nitrogens is 1. The Morgan fingerprint density at radius 2 is 1.84 bits per heavy atom. The Balaban J connectivity index is 2.52. The third-order valence-electron chi connectivity index (χ3n) is 4.17. The van der Waals surface area contributed by atoms with Gasteiger partial charge in [-0.25, -0.2) is 0 Å². The van der Waals surface area contributed by atoms with E-state index in [0.29, 0.717) is 0 Å². The van der Waals surface area contributed by atoms with Crippen LogP contribution in [0.1, 0.15) is 26.7 Å². The fourth-order valence-corrected chi connectivity index (χ4v) is 3.43. The first-order valence-corrected chi connectivity index (χ1v) is 7.92. The largest absolute Gasteiger partial charge is 0.347 e. The zero-order chi connectivity index (χ0) is 13.9. The van der Waals surface area contributed by atoms with E-state index in [2.05, 4.69) is 34.3 Å². The smallest absolute Gasteiger partial charge is 0.189 e. The van der Waals surface area contributed by atoms with Gasteiger partial charge in [0, 0.05) is 29.5 Å². The van der Waals surface area contributed by atoms with Gasteiger partial charge in [-0.05, 0) is 30.4 Å². The number of pyridine rings is 1. The van der Waals surface area contributed by atoms with Gasteiger partial charge in [0.25, 0.3) is 0 Å². The molecule has 0 fully saturated rings. The number of benzene rings is 1. The second kappa shape index (κ2) is 5.91. The van der Waals surface area contributed by atoms with Crippen LogP contribution in [0.25, 0.3) is 10.9 Å². The van der Waals surface area contributed by atoms with Crippen molar-refractivity contribution in [1.29, 1.82) is 0 Å². The minimum absolute atomic E-state index is 0.101. The van der Waals surface area contributed by atoms with Crippen molar-refractivity contribution in [3.63, 3.8) is 0 Å². The molecule has 1 heterocycles. The molecular weight excluding hydrogens is 302 g/mol. The van der Waals surface area contributed by atoms with Crippen molar-refractivity contribution in [3.8, 4) is 0 Å². The number of hydrogen-bond donors (Lipinski definition) is 0. The molecule has 3 heteroatoms. The van der Waals surface area contributed by atoms with Crippen LogP contribution in [0.4, 0.5) is 0 Å². The number of para-hydroxylation sites is 1. The van der Waals surface area contributed by atoms with E-state index >= 15 is 0 Å². The summed E-state index contributed by atoms with van der Waals surface area (Å²) in [7, 11) is 0. The molecule has 0 aliphatic carbocycles. The van der Waals surface area contributed by atoms with Crippen molar-refractivity contribution in [2.75, 3.05) is 5.33 Å². The number of hydrogen-bond acceptors (Lipinski definition) is 1. The summed E-state index contributed by atoms with van der Waals surface area (Å²) in [4.78, 5) is 11.9.